The molecule has 1 amide bonds. The third kappa shape index (κ3) is 5.72. The molecule has 0 aromatic heterocycles. The van der Waals surface area contributed by atoms with Crippen LogP contribution in [0.3, 0.4) is 0 Å². The van der Waals surface area contributed by atoms with Crippen LogP contribution in [-0.4, -0.2) is 59.7 Å². The Balaban J connectivity index is 1.33. The second-order valence-electron chi connectivity index (χ2n) is 17.4. The van der Waals surface area contributed by atoms with Gasteiger partial charge < -0.3 is 21.1 Å². The molecule has 0 bridgehead atoms. The van der Waals surface area contributed by atoms with Crippen LogP contribution in [0.1, 0.15) is 113 Å². The van der Waals surface area contributed by atoms with Gasteiger partial charge in [0.1, 0.15) is 0 Å². The first-order valence-corrected chi connectivity index (χ1v) is 19.5. The maximum absolute atomic E-state index is 14.5. The van der Waals surface area contributed by atoms with Gasteiger partial charge in [-0.15, -0.1) is 0 Å². The van der Waals surface area contributed by atoms with Gasteiger partial charge in [-0.3, -0.25) is 9.59 Å². The first-order chi connectivity index (χ1) is 21.0. The van der Waals surface area contributed by atoms with Crippen LogP contribution >= 0.6 is 24.0 Å². The first kappa shape index (κ1) is 35.2. The van der Waals surface area contributed by atoms with Gasteiger partial charge in [0.15, 0.2) is 10.9 Å². The molecule has 9 atom stereocenters. The number of hydrogen-bond acceptors (Lipinski definition) is 5. The molecular formula is C37H61N3O3S2. The summed E-state index contributed by atoms with van der Waals surface area (Å²) in [6, 6.07) is 0. The molecule has 6 nitrogen and oxygen atoms in total. The summed E-state index contributed by atoms with van der Waals surface area (Å²) < 4.78 is 0. The Labute approximate surface area is 282 Å². The van der Waals surface area contributed by atoms with Crippen LogP contribution in [0.15, 0.2) is 11.6 Å². The van der Waals surface area contributed by atoms with Crippen molar-refractivity contribution in [3.63, 3.8) is 0 Å². The zero-order chi connectivity index (χ0) is 33.1. The molecule has 5 rings (SSSR count). The van der Waals surface area contributed by atoms with E-state index >= 15 is 0 Å². The minimum atomic E-state index is -0.464. The number of ketones is 1. The van der Waals surface area contributed by atoms with Gasteiger partial charge >= 0.3 is 0 Å². The quantitative estimate of drug-likeness (QED) is 0.171. The number of carbonyl (C=O) groups excluding carboxylic acids is 2. The Morgan fingerprint density at radius 3 is 2.31 bits per heavy atom. The van der Waals surface area contributed by atoms with E-state index in [9.17, 15) is 14.7 Å². The van der Waals surface area contributed by atoms with E-state index in [1.165, 1.54) is 5.57 Å². The predicted molar refractivity (Wildman–Crippen MR) is 190 cm³/mol. The van der Waals surface area contributed by atoms with Gasteiger partial charge in [-0.25, -0.2) is 0 Å². The lowest BCUT2D eigenvalue weighted by molar-refractivity contribution is -0.202. The van der Waals surface area contributed by atoms with E-state index in [-0.39, 0.29) is 50.9 Å². The number of fused-ring (bicyclic) bond motifs is 7. The molecule has 5 aliphatic carbocycles. The number of aliphatic hydroxyl groups is 1. The van der Waals surface area contributed by atoms with E-state index in [2.05, 4.69) is 76.7 Å². The number of thiocarbonyl (C=S) groups is 1. The average molecular weight is 660 g/mol. The summed E-state index contributed by atoms with van der Waals surface area (Å²) in [6.07, 6.45) is 13.7. The Hall–Kier alpha value is -1.12. The van der Waals surface area contributed by atoms with Crippen molar-refractivity contribution in [3.8, 4) is 0 Å². The Morgan fingerprint density at radius 1 is 0.933 bits per heavy atom. The van der Waals surface area contributed by atoms with Gasteiger partial charge in [0, 0.05) is 31.0 Å². The highest BCUT2D eigenvalue weighted by Gasteiger charge is 2.70. The summed E-state index contributed by atoms with van der Waals surface area (Å²) in [5, 5.41) is 21.3. The monoisotopic (exact) mass is 659 g/mol. The van der Waals surface area contributed by atoms with Gasteiger partial charge in [0.05, 0.1) is 6.10 Å². The molecule has 45 heavy (non-hydrogen) atoms. The molecular weight excluding hydrogens is 599 g/mol. The van der Waals surface area contributed by atoms with Gasteiger partial charge in [0.25, 0.3) is 0 Å². The lowest BCUT2D eigenvalue weighted by Crippen LogP contribution is -2.66. The number of nitrogens with one attached hydrogen (secondary N) is 3. The van der Waals surface area contributed by atoms with E-state index in [4.69, 9.17) is 12.2 Å². The van der Waals surface area contributed by atoms with Crippen molar-refractivity contribution in [3.05, 3.63) is 11.6 Å². The van der Waals surface area contributed by atoms with Crippen molar-refractivity contribution < 1.29 is 14.7 Å². The van der Waals surface area contributed by atoms with Crippen molar-refractivity contribution in [2.75, 3.05) is 31.6 Å². The molecule has 0 aromatic rings. The number of rotatable bonds is 8. The van der Waals surface area contributed by atoms with Crippen LogP contribution in [0.2, 0.25) is 0 Å². The van der Waals surface area contributed by atoms with Gasteiger partial charge in [-0.2, -0.15) is 11.8 Å². The predicted octanol–water partition coefficient (Wildman–Crippen LogP) is 6.66. The molecule has 4 N–H and O–H groups in total. The van der Waals surface area contributed by atoms with Gasteiger partial charge in [-0.1, -0.05) is 54.0 Å². The van der Waals surface area contributed by atoms with Crippen molar-refractivity contribution in [2.45, 2.75) is 119 Å². The van der Waals surface area contributed by atoms with Crippen molar-refractivity contribution in [1.29, 1.82) is 0 Å². The molecule has 1 unspecified atom stereocenters. The van der Waals surface area contributed by atoms with Crippen LogP contribution in [-0.2, 0) is 9.59 Å². The number of carbonyl (C=O) groups is 2. The SMILES string of the molecule is CSCCCNC(=S)NCCNC(=O)[C@@]1(C)CC[C@]2(C)CC[C@]3(C)C(=CC(=O)[C@@H]4[C@@]5(C)CC[C@H](O)C(C)(C)C5CC[C@]43C)[C@H]2C1. The minimum Gasteiger partial charge on any atom is -0.393 e. The Morgan fingerprint density at radius 2 is 1.60 bits per heavy atom. The fourth-order valence-electron chi connectivity index (χ4n) is 11.4. The molecule has 0 aliphatic heterocycles. The lowest BCUT2D eigenvalue weighted by atomic mass is 9.33. The highest BCUT2D eigenvalue weighted by molar-refractivity contribution is 7.98. The molecule has 4 fully saturated rings. The largest absolute Gasteiger partial charge is 0.393 e. The topological polar surface area (TPSA) is 90.5 Å². The fourth-order valence-corrected chi connectivity index (χ4v) is 12.1. The van der Waals surface area contributed by atoms with E-state index in [0.717, 1.165) is 76.5 Å². The Kier molecular flexibility index (Phi) is 9.70. The van der Waals surface area contributed by atoms with Crippen LogP contribution in [0.25, 0.3) is 0 Å². The van der Waals surface area contributed by atoms with Crippen molar-refractivity contribution in [1.82, 2.24) is 16.0 Å². The molecule has 4 saturated carbocycles. The highest BCUT2D eigenvalue weighted by atomic mass is 32.2. The van der Waals surface area contributed by atoms with Crippen LogP contribution in [0.5, 0.6) is 0 Å². The molecule has 5 aliphatic rings. The lowest BCUT2D eigenvalue weighted by Gasteiger charge is -2.70. The summed E-state index contributed by atoms with van der Waals surface area (Å²) in [5.74, 6) is 2.09. The van der Waals surface area contributed by atoms with E-state index < -0.39 is 5.41 Å². The number of amides is 1. The smallest absolute Gasteiger partial charge is 0.226 e. The summed E-state index contributed by atoms with van der Waals surface area (Å²) in [6.45, 7) is 18.3. The van der Waals surface area contributed by atoms with Gasteiger partial charge in [0.2, 0.25) is 5.91 Å². The fraction of sp³-hybridized carbons (Fsp3) is 0.865. The highest BCUT2D eigenvalue weighted by Crippen LogP contribution is 2.75. The molecule has 0 spiro atoms. The van der Waals surface area contributed by atoms with E-state index in [1.807, 2.05) is 11.8 Å². The summed E-state index contributed by atoms with van der Waals surface area (Å²) in [5.41, 5.74) is 0.504. The van der Waals surface area contributed by atoms with Crippen molar-refractivity contribution in [2.24, 2.45) is 50.2 Å². The summed E-state index contributed by atoms with van der Waals surface area (Å²) in [7, 11) is 0. The number of thioether (sulfide) groups is 1. The molecule has 254 valence electrons. The van der Waals surface area contributed by atoms with E-state index in [1.54, 1.807) is 0 Å². The minimum absolute atomic E-state index is 0.0227. The van der Waals surface area contributed by atoms with E-state index in [0.29, 0.717) is 29.9 Å². The second-order valence-corrected chi connectivity index (χ2v) is 18.8. The average Bonchev–Trinajstić information content (AvgIpc) is 2.97. The number of allylic oxidation sites excluding steroid dienone is 2. The normalized spacial score (nSPS) is 43.5. The zero-order valence-corrected chi connectivity index (χ0v) is 31.0. The first-order valence-electron chi connectivity index (χ1n) is 17.7. The number of hydrogen-bond donors (Lipinski definition) is 4. The maximum Gasteiger partial charge on any atom is 0.226 e. The third-order valence-electron chi connectivity index (χ3n) is 14.6. The zero-order valence-electron chi connectivity index (χ0n) is 29.4. The van der Waals surface area contributed by atoms with Crippen molar-refractivity contribution >= 4 is 40.8 Å². The van der Waals surface area contributed by atoms with Gasteiger partial charge in [-0.05, 0) is 133 Å². The van der Waals surface area contributed by atoms with Crippen LogP contribution in [0.4, 0.5) is 0 Å². The molecule has 8 heteroatoms. The molecule has 0 aromatic carbocycles. The van der Waals surface area contributed by atoms with Crippen LogP contribution < -0.4 is 16.0 Å². The van der Waals surface area contributed by atoms with Crippen LogP contribution in [0, 0.1) is 50.2 Å². The number of aliphatic hydroxyl groups excluding tert-OH is 1. The maximum atomic E-state index is 14.5. The molecule has 0 radical (unpaired) electrons. The Bertz CT molecular complexity index is 1220. The molecule has 0 saturated heterocycles. The second kappa shape index (κ2) is 12.4. The summed E-state index contributed by atoms with van der Waals surface area (Å²) in [4.78, 5) is 28.3. The third-order valence-corrected chi connectivity index (χ3v) is 15.6. The molecule has 0 heterocycles. The summed E-state index contributed by atoms with van der Waals surface area (Å²) >= 11 is 7.23. The standard InChI is InChI=1S/C37H61N3O3S2/c1-32(2)27-10-13-37(7)29(35(27,5)12-11-28(32)42)26(41)22-24-25-23-34(4,15-14-33(25,3)16-17-36(24,37)6)30(43)38-19-20-40-31(44)39-18-9-21-45-8/h22,25,27-29,42H,9-21,23H2,1-8H3,(H,38,43)(H2,39,40,44)/t25-,27?,28+,29-,33-,34+,35+,36-,37-/m1/s1.